The number of rotatable bonds is 4. The van der Waals surface area contributed by atoms with Crippen LogP contribution in [0.3, 0.4) is 0 Å². The number of ether oxygens (including phenoxy) is 1. The number of hydrogen-bond donors (Lipinski definition) is 0. The molecule has 2 rings (SSSR count). The van der Waals surface area contributed by atoms with E-state index in [1.807, 2.05) is 6.07 Å². The number of amides is 1. The van der Waals surface area contributed by atoms with E-state index >= 15 is 0 Å². The molecule has 24 heavy (non-hydrogen) atoms. The van der Waals surface area contributed by atoms with Crippen LogP contribution in [-0.2, 0) is 20.5 Å². The van der Waals surface area contributed by atoms with Gasteiger partial charge in [-0.15, -0.1) is 0 Å². The maximum absolute atomic E-state index is 12.7. The molecular weight excluding hydrogens is 325 g/mol. The highest BCUT2D eigenvalue weighted by atomic mass is 19.4. The molecule has 5 nitrogen and oxygen atoms in total. The molecule has 0 aromatic heterocycles. The molecule has 1 saturated heterocycles. The third-order valence-corrected chi connectivity index (χ3v) is 3.97. The third-order valence-electron chi connectivity index (χ3n) is 3.97. The average Bonchev–Trinajstić information content (AvgIpc) is 2.92. The normalized spacial score (nSPS) is 19.0. The number of benzene rings is 1. The summed E-state index contributed by atoms with van der Waals surface area (Å²) in [5.74, 6) is -0.929. The van der Waals surface area contributed by atoms with Gasteiger partial charge in [-0.3, -0.25) is 4.79 Å². The predicted molar refractivity (Wildman–Crippen MR) is 76.3 cm³/mol. The van der Waals surface area contributed by atoms with Crippen LogP contribution >= 0.6 is 0 Å². The lowest BCUT2D eigenvalue weighted by Crippen LogP contribution is -2.41. The van der Waals surface area contributed by atoms with E-state index in [-0.39, 0.29) is 25.2 Å². The number of methoxy groups -OCH3 is 1. The van der Waals surface area contributed by atoms with Gasteiger partial charge in [0.1, 0.15) is 6.04 Å². The van der Waals surface area contributed by atoms with Gasteiger partial charge in [0.05, 0.1) is 31.2 Å². The topological polar surface area (TPSA) is 70.4 Å². The SMILES string of the molecule is COC(=O)C1CCC(=O)N1C(CC#N)c1ccc(C(F)(F)F)cc1. The van der Waals surface area contributed by atoms with Gasteiger partial charge in [-0.25, -0.2) is 4.79 Å². The fraction of sp³-hybridized carbons (Fsp3) is 0.438. The predicted octanol–water partition coefficient (Wildman–Crippen LogP) is 2.82. The van der Waals surface area contributed by atoms with Crippen molar-refractivity contribution >= 4 is 11.9 Å². The molecule has 0 aliphatic carbocycles. The van der Waals surface area contributed by atoms with Crippen molar-refractivity contribution < 1.29 is 27.5 Å². The highest BCUT2D eigenvalue weighted by molar-refractivity contribution is 5.88. The summed E-state index contributed by atoms with van der Waals surface area (Å²) in [7, 11) is 1.20. The summed E-state index contributed by atoms with van der Waals surface area (Å²) in [6, 6.07) is 4.54. The van der Waals surface area contributed by atoms with E-state index in [1.54, 1.807) is 0 Å². The fourth-order valence-corrected chi connectivity index (χ4v) is 2.82. The summed E-state index contributed by atoms with van der Waals surface area (Å²) < 4.78 is 42.7. The Morgan fingerprint density at radius 1 is 1.42 bits per heavy atom. The number of carbonyl (C=O) groups excluding carboxylic acids is 2. The van der Waals surface area contributed by atoms with Gasteiger partial charge >= 0.3 is 12.1 Å². The molecule has 0 spiro atoms. The summed E-state index contributed by atoms with van der Waals surface area (Å²) in [5.41, 5.74) is -0.451. The van der Waals surface area contributed by atoms with Gasteiger partial charge in [-0.05, 0) is 24.1 Å². The zero-order chi connectivity index (χ0) is 17.9. The molecule has 1 fully saturated rings. The van der Waals surface area contributed by atoms with E-state index in [4.69, 9.17) is 5.26 Å². The van der Waals surface area contributed by atoms with Gasteiger partial charge in [-0.2, -0.15) is 18.4 Å². The van der Waals surface area contributed by atoms with Crippen LogP contribution in [0.5, 0.6) is 0 Å². The molecule has 8 heteroatoms. The number of hydrogen-bond acceptors (Lipinski definition) is 4. The van der Waals surface area contributed by atoms with E-state index in [2.05, 4.69) is 4.74 Å². The van der Waals surface area contributed by atoms with Crippen molar-refractivity contribution in [1.29, 1.82) is 5.26 Å². The van der Waals surface area contributed by atoms with Gasteiger partial charge in [0.2, 0.25) is 5.91 Å². The first-order chi connectivity index (χ1) is 11.3. The zero-order valence-corrected chi connectivity index (χ0v) is 12.8. The zero-order valence-electron chi connectivity index (χ0n) is 12.8. The number of nitriles is 1. The minimum Gasteiger partial charge on any atom is -0.467 e. The Bertz CT molecular complexity index is 665. The second-order valence-electron chi connectivity index (χ2n) is 5.38. The van der Waals surface area contributed by atoms with E-state index in [0.717, 1.165) is 12.1 Å². The summed E-state index contributed by atoms with van der Waals surface area (Å²) in [5, 5.41) is 9.03. The minimum atomic E-state index is -4.47. The molecule has 1 aromatic rings. The van der Waals surface area contributed by atoms with Crippen LogP contribution < -0.4 is 0 Å². The van der Waals surface area contributed by atoms with Crippen molar-refractivity contribution in [3.05, 3.63) is 35.4 Å². The first kappa shape index (κ1) is 17.8. The van der Waals surface area contributed by atoms with Gasteiger partial charge < -0.3 is 9.64 Å². The van der Waals surface area contributed by atoms with Crippen LogP contribution in [0.25, 0.3) is 0 Å². The van der Waals surface area contributed by atoms with Crippen LogP contribution in [0.4, 0.5) is 13.2 Å². The monoisotopic (exact) mass is 340 g/mol. The Hall–Kier alpha value is -2.56. The van der Waals surface area contributed by atoms with Gasteiger partial charge in [0.15, 0.2) is 0 Å². The Balaban J connectivity index is 2.36. The van der Waals surface area contributed by atoms with Crippen molar-refractivity contribution in [3.63, 3.8) is 0 Å². The summed E-state index contributed by atoms with van der Waals surface area (Å²) in [6.45, 7) is 0. The number of halogens is 3. The molecule has 1 aromatic carbocycles. The molecule has 0 radical (unpaired) electrons. The average molecular weight is 340 g/mol. The van der Waals surface area contributed by atoms with Crippen molar-refractivity contribution in [2.45, 2.75) is 37.5 Å². The van der Waals surface area contributed by atoms with Crippen LogP contribution in [0.1, 0.15) is 36.4 Å². The van der Waals surface area contributed by atoms with Crippen LogP contribution in [-0.4, -0.2) is 29.9 Å². The molecule has 1 aliphatic rings. The number of likely N-dealkylation sites (tertiary alicyclic amines) is 1. The quantitative estimate of drug-likeness (QED) is 0.790. The van der Waals surface area contributed by atoms with Gasteiger partial charge in [0.25, 0.3) is 0 Å². The lowest BCUT2D eigenvalue weighted by molar-refractivity contribution is -0.150. The minimum absolute atomic E-state index is 0.127. The Kier molecular flexibility index (Phi) is 5.12. The molecule has 128 valence electrons. The Morgan fingerprint density at radius 2 is 2.04 bits per heavy atom. The molecule has 1 amide bonds. The molecule has 0 saturated carbocycles. The standard InChI is InChI=1S/C16H15F3N2O3/c1-24-15(23)13-6-7-14(22)21(13)12(8-9-20)10-2-4-11(5-3-10)16(17,18)19/h2-5,12-13H,6-8H2,1H3. The maximum atomic E-state index is 12.7. The largest absolute Gasteiger partial charge is 0.467 e. The molecule has 2 atom stereocenters. The van der Waals surface area contributed by atoms with E-state index < -0.39 is 29.8 Å². The highest BCUT2D eigenvalue weighted by Gasteiger charge is 2.41. The Labute approximate surface area is 136 Å². The number of alkyl halides is 3. The molecule has 2 unspecified atom stereocenters. The second-order valence-corrected chi connectivity index (χ2v) is 5.38. The van der Waals surface area contributed by atoms with Crippen molar-refractivity contribution in [1.82, 2.24) is 4.90 Å². The first-order valence-corrected chi connectivity index (χ1v) is 7.22. The lowest BCUT2D eigenvalue weighted by Gasteiger charge is -2.31. The van der Waals surface area contributed by atoms with Crippen molar-refractivity contribution in [3.8, 4) is 6.07 Å². The smallest absolute Gasteiger partial charge is 0.416 e. The molecule has 0 bridgehead atoms. The summed E-state index contributed by atoms with van der Waals surface area (Å²) in [4.78, 5) is 25.2. The number of nitrogens with zero attached hydrogens (tertiary/aromatic N) is 2. The van der Waals surface area contributed by atoms with Crippen LogP contribution in [0.2, 0.25) is 0 Å². The fourth-order valence-electron chi connectivity index (χ4n) is 2.82. The van der Waals surface area contributed by atoms with E-state index in [0.29, 0.717) is 5.56 Å². The molecule has 0 N–H and O–H groups in total. The van der Waals surface area contributed by atoms with Crippen LogP contribution in [0, 0.1) is 11.3 Å². The molecule has 1 heterocycles. The number of carbonyl (C=O) groups is 2. The molecular formula is C16H15F3N2O3. The summed E-state index contributed by atoms with van der Waals surface area (Å²) in [6.07, 6.45) is -4.22. The van der Waals surface area contributed by atoms with Crippen molar-refractivity contribution in [2.24, 2.45) is 0 Å². The third kappa shape index (κ3) is 3.50. The van der Waals surface area contributed by atoms with Crippen LogP contribution in [0.15, 0.2) is 24.3 Å². The first-order valence-electron chi connectivity index (χ1n) is 7.22. The highest BCUT2D eigenvalue weighted by Crippen LogP contribution is 2.35. The maximum Gasteiger partial charge on any atom is 0.416 e. The van der Waals surface area contributed by atoms with E-state index in [1.165, 1.54) is 24.1 Å². The number of esters is 1. The van der Waals surface area contributed by atoms with Gasteiger partial charge in [-0.1, -0.05) is 12.1 Å². The molecule has 1 aliphatic heterocycles. The van der Waals surface area contributed by atoms with E-state index in [9.17, 15) is 22.8 Å². The van der Waals surface area contributed by atoms with Gasteiger partial charge in [0, 0.05) is 6.42 Å². The Morgan fingerprint density at radius 3 is 2.54 bits per heavy atom. The van der Waals surface area contributed by atoms with Crippen molar-refractivity contribution in [2.75, 3.05) is 7.11 Å². The summed E-state index contributed by atoms with van der Waals surface area (Å²) >= 11 is 0. The lowest BCUT2D eigenvalue weighted by atomic mass is 10.00. The second kappa shape index (κ2) is 6.91.